The van der Waals surface area contributed by atoms with Crippen LogP contribution in [0, 0.1) is 0 Å². The van der Waals surface area contributed by atoms with E-state index in [9.17, 15) is 0 Å². The highest BCUT2D eigenvalue weighted by molar-refractivity contribution is 7.26. The summed E-state index contributed by atoms with van der Waals surface area (Å²) < 4.78 is 7.06. The third kappa shape index (κ3) is 5.17. The summed E-state index contributed by atoms with van der Waals surface area (Å²) in [5, 5.41) is 6.08. The first-order chi connectivity index (χ1) is 27.6. The van der Waals surface area contributed by atoms with Gasteiger partial charge in [-0.3, -0.25) is 4.57 Å². The van der Waals surface area contributed by atoms with Crippen molar-refractivity contribution >= 4 is 92.7 Å². The van der Waals surface area contributed by atoms with Crippen molar-refractivity contribution in [1.29, 1.82) is 0 Å². The first kappa shape index (κ1) is 32.8. The highest BCUT2D eigenvalue weighted by Crippen LogP contribution is 2.49. The summed E-state index contributed by atoms with van der Waals surface area (Å²) in [7, 11) is 0. The molecule has 11 rings (SSSR count). The van der Waals surface area contributed by atoms with Crippen molar-refractivity contribution in [2.45, 2.75) is 19.8 Å². The molecular formula is C48H34N6S2. The van der Waals surface area contributed by atoms with E-state index in [0.717, 1.165) is 50.4 Å². The van der Waals surface area contributed by atoms with E-state index >= 15 is 0 Å². The van der Waals surface area contributed by atoms with Crippen LogP contribution >= 0.6 is 22.7 Å². The fourth-order valence-corrected chi connectivity index (χ4v) is 10.4. The van der Waals surface area contributed by atoms with Crippen molar-refractivity contribution in [3.8, 4) is 21.8 Å². The molecule has 0 radical (unpaired) electrons. The molecule has 0 unspecified atom stereocenters. The number of imidazole rings is 1. The normalized spacial score (nSPS) is 11.9. The van der Waals surface area contributed by atoms with Gasteiger partial charge >= 0.3 is 0 Å². The maximum absolute atomic E-state index is 4.94. The maximum Gasteiger partial charge on any atom is 0.115 e. The van der Waals surface area contributed by atoms with Gasteiger partial charge in [0.25, 0.3) is 0 Å². The standard InChI is InChI=1S/C48H34N6S2/c1-30(2)43-21-22-45(55-43)52-29-51-39-23-31(17-19-41(39)52)37-25-42-46(47-36-15-9-10-16-44(36)56-48(37)47)38-24-34(18-20-40(38)54(42)35-26-49-28-50-27-35)53(32-11-5-3-6-12-32)33-13-7-4-8-14-33/h3-30H,1-2H3. The number of benzene rings is 6. The lowest BCUT2D eigenvalue weighted by Gasteiger charge is -2.25. The molecule has 0 saturated carbocycles. The van der Waals surface area contributed by atoms with Crippen LogP contribution in [-0.4, -0.2) is 24.1 Å². The summed E-state index contributed by atoms with van der Waals surface area (Å²) >= 11 is 3.69. The summed E-state index contributed by atoms with van der Waals surface area (Å²) in [6.07, 6.45) is 7.37. The topological polar surface area (TPSA) is 51.8 Å². The summed E-state index contributed by atoms with van der Waals surface area (Å²) in [6.45, 7) is 4.49. The first-order valence-electron chi connectivity index (χ1n) is 18.8. The predicted octanol–water partition coefficient (Wildman–Crippen LogP) is 13.6. The number of rotatable bonds is 7. The molecule has 11 aromatic rings. The van der Waals surface area contributed by atoms with Crippen molar-refractivity contribution in [1.82, 2.24) is 24.1 Å². The van der Waals surface area contributed by atoms with Crippen LogP contribution in [0.15, 0.2) is 165 Å². The molecule has 0 fully saturated rings. The van der Waals surface area contributed by atoms with E-state index < -0.39 is 0 Å². The molecule has 0 saturated heterocycles. The van der Waals surface area contributed by atoms with Crippen molar-refractivity contribution in [2.75, 3.05) is 4.90 Å². The molecule has 8 heteroatoms. The van der Waals surface area contributed by atoms with Crippen molar-refractivity contribution < 1.29 is 0 Å². The Kier molecular flexibility index (Phi) is 7.62. The third-order valence-electron chi connectivity index (χ3n) is 10.7. The molecule has 6 nitrogen and oxygen atoms in total. The minimum atomic E-state index is 0.491. The van der Waals surface area contributed by atoms with E-state index in [1.807, 2.05) is 41.4 Å². The Morgan fingerprint density at radius 1 is 0.607 bits per heavy atom. The molecule has 0 atom stereocenters. The van der Waals surface area contributed by atoms with Gasteiger partial charge in [-0.05, 0) is 90.3 Å². The highest BCUT2D eigenvalue weighted by Gasteiger charge is 2.23. The number of para-hydroxylation sites is 2. The molecule has 268 valence electrons. The zero-order chi connectivity index (χ0) is 37.3. The summed E-state index contributed by atoms with van der Waals surface area (Å²) in [4.78, 5) is 17.6. The molecule has 0 bridgehead atoms. The average Bonchev–Trinajstić information content (AvgIpc) is 4.04. The van der Waals surface area contributed by atoms with Gasteiger partial charge in [-0.25, -0.2) is 15.0 Å². The molecule has 5 aromatic heterocycles. The van der Waals surface area contributed by atoms with Gasteiger partial charge < -0.3 is 9.47 Å². The SMILES string of the molecule is CC(C)c1ccc(-n2cnc3cc(-c4cc5c(c6cc(N(c7ccccc7)c7ccccc7)ccc6n5-c5cncnc5)c5c4sc4ccccc45)ccc32)s1. The maximum atomic E-state index is 4.94. The van der Waals surface area contributed by atoms with Crippen LogP contribution < -0.4 is 4.90 Å². The van der Waals surface area contributed by atoms with E-state index in [4.69, 9.17) is 4.98 Å². The second-order valence-electron chi connectivity index (χ2n) is 14.4. The molecule has 56 heavy (non-hydrogen) atoms. The van der Waals surface area contributed by atoms with Gasteiger partial charge in [0.1, 0.15) is 17.7 Å². The lowest BCUT2D eigenvalue weighted by molar-refractivity contribution is 0.890. The largest absolute Gasteiger partial charge is 0.310 e. The molecule has 0 aliphatic carbocycles. The summed E-state index contributed by atoms with van der Waals surface area (Å²) in [5.74, 6) is 0.491. The van der Waals surface area contributed by atoms with Gasteiger partial charge in [-0.2, -0.15) is 0 Å². The van der Waals surface area contributed by atoms with Crippen LogP contribution in [0.25, 0.3) is 74.8 Å². The van der Waals surface area contributed by atoms with Crippen LogP contribution in [-0.2, 0) is 0 Å². The fraction of sp³-hybridized carbons (Fsp3) is 0.0625. The molecule has 0 aliphatic heterocycles. The number of hydrogen-bond donors (Lipinski definition) is 0. The van der Waals surface area contributed by atoms with E-state index in [-0.39, 0.29) is 0 Å². The second-order valence-corrected chi connectivity index (χ2v) is 16.6. The van der Waals surface area contributed by atoms with E-state index in [2.05, 4.69) is 177 Å². The van der Waals surface area contributed by atoms with Gasteiger partial charge in [0.05, 0.1) is 40.1 Å². The van der Waals surface area contributed by atoms with Gasteiger partial charge in [0, 0.05) is 58.4 Å². The lowest BCUT2D eigenvalue weighted by atomic mass is 9.98. The van der Waals surface area contributed by atoms with Crippen LogP contribution in [0.3, 0.4) is 0 Å². The predicted molar refractivity (Wildman–Crippen MR) is 236 cm³/mol. The van der Waals surface area contributed by atoms with Crippen molar-refractivity contribution in [3.63, 3.8) is 0 Å². The molecule has 0 amide bonds. The number of hydrogen-bond acceptors (Lipinski definition) is 6. The molecule has 0 N–H and O–H groups in total. The van der Waals surface area contributed by atoms with Crippen molar-refractivity contribution in [2.24, 2.45) is 0 Å². The molecule has 5 heterocycles. The number of aromatic nitrogens is 5. The Morgan fingerprint density at radius 2 is 1.34 bits per heavy atom. The number of thiophene rings is 2. The number of anilines is 3. The molecule has 0 aliphatic rings. The highest BCUT2D eigenvalue weighted by atomic mass is 32.1. The quantitative estimate of drug-likeness (QED) is 0.162. The number of fused-ring (bicyclic) bond motifs is 8. The Labute approximate surface area is 331 Å². The Hall–Kier alpha value is -6.61. The Bertz CT molecular complexity index is 3190. The van der Waals surface area contributed by atoms with E-state index in [1.165, 1.54) is 46.4 Å². The van der Waals surface area contributed by atoms with Crippen LogP contribution in [0.4, 0.5) is 17.1 Å². The molecule has 0 spiro atoms. The van der Waals surface area contributed by atoms with Gasteiger partial charge in [0.15, 0.2) is 0 Å². The minimum absolute atomic E-state index is 0.491. The Morgan fingerprint density at radius 3 is 2.09 bits per heavy atom. The minimum Gasteiger partial charge on any atom is -0.310 e. The second kappa shape index (κ2) is 13.0. The number of nitrogens with zero attached hydrogens (tertiary/aromatic N) is 6. The van der Waals surface area contributed by atoms with Crippen LogP contribution in [0.5, 0.6) is 0 Å². The van der Waals surface area contributed by atoms with E-state index in [0.29, 0.717) is 5.92 Å². The zero-order valence-corrected chi connectivity index (χ0v) is 32.3. The van der Waals surface area contributed by atoms with Crippen LogP contribution in [0.1, 0.15) is 24.6 Å². The average molecular weight is 759 g/mol. The smallest absolute Gasteiger partial charge is 0.115 e. The van der Waals surface area contributed by atoms with Crippen LogP contribution in [0.2, 0.25) is 0 Å². The summed E-state index contributed by atoms with van der Waals surface area (Å²) in [5.41, 5.74) is 10.8. The molecule has 6 aromatic carbocycles. The van der Waals surface area contributed by atoms with Gasteiger partial charge in [0.2, 0.25) is 0 Å². The lowest BCUT2D eigenvalue weighted by Crippen LogP contribution is -2.09. The zero-order valence-electron chi connectivity index (χ0n) is 30.7. The van der Waals surface area contributed by atoms with E-state index in [1.54, 1.807) is 6.33 Å². The monoisotopic (exact) mass is 758 g/mol. The first-order valence-corrected chi connectivity index (χ1v) is 20.4. The van der Waals surface area contributed by atoms with Gasteiger partial charge in [-0.1, -0.05) is 74.5 Å². The van der Waals surface area contributed by atoms with Crippen molar-refractivity contribution in [3.05, 3.63) is 169 Å². The van der Waals surface area contributed by atoms with Gasteiger partial charge in [-0.15, -0.1) is 22.7 Å². The third-order valence-corrected chi connectivity index (χ3v) is 13.3. The summed E-state index contributed by atoms with van der Waals surface area (Å²) in [6, 6.07) is 50.4. The molecular weight excluding hydrogens is 725 g/mol. The Balaban J connectivity index is 1.20. The fourth-order valence-electron chi connectivity index (χ4n) is 8.16.